The fourth-order valence-corrected chi connectivity index (χ4v) is 3.13. The van der Waals surface area contributed by atoms with Gasteiger partial charge in [0.15, 0.2) is 0 Å². The lowest BCUT2D eigenvalue weighted by molar-refractivity contribution is -0.136. The first-order valence-electron chi connectivity index (χ1n) is 8.88. The molecule has 0 atom stereocenters. The largest absolute Gasteiger partial charge is 0.383 e. The molecule has 25 heavy (non-hydrogen) atoms. The molecule has 0 bridgehead atoms. The normalized spacial score (nSPS) is 15.8. The van der Waals surface area contributed by atoms with Crippen molar-refractivity contribution in [2.75, 3.05) is 45.2 Å². The van der Waals surface area contributed by atoms with Gasteiger partial charge in [0.25, 0.3) is 0 Å². The van der Waals surface area contributed by atoms with Crippen LogP contribution in [0.1, 0.15) is 24.0 Å². The predicted molar refractivity (Wildman–Crippen MR) is 98.6 cm³/mol. The molecule has 1 heterocycles. The molecule has 2 N–H and O–H groups in total. The maximum Gasteiger partial charge on any atom is 0.313 e. The fourth-order valence-electron chi connectivity index (χ4n) is 3.13. The zero-order valence-electron chi connectivity index (χ0n) is 15.4. The number of carbonyl (C=O) groups is 2. The highest BCUT2D eigenvalue weighted by atomic mass is 16.5. The molecular weight excluding hydrogens is 318 g/mol. The average Bonchev–Trinajstić information content (AvgIpc) is 2.61. The zero-order chi connectivity index (χ0) is 18.2. The molecule has 1 aliphatic heterocycles. The molecule has 0 unspecified atom stereocenters. The number of amides is 2. The summed E-state index contributed by atoms with van der Waals surface area (Å²) in [4.78, 5) is 26.6. The third-order valence-corrected chi connectivity index (χ3v) is 4.80. The molecule has 1 aliphatic rings. The van der Waals surface area contributed by atoms with Crippen molar-refractivity contribution in [2.45, 2.75) is 26.7 Å². The molecule has 6 nitrogen and oxygen atoms in total. The van der Waals surface area contributed by atoms with Crippen LogP contribution in [0.25, 0.3) is 0 Å². The Bertz CT molecular complexity index is 575. The van der Waals surface area contributed by atoms with Gasteiger partial charge < -0.3 is 20.3 Å². The fraction of sp³-hybridized carbons (Fsp3) is 0.579. The number of likely N-dealkylation sites (tertiary alicyclic amines) is 1. The van der Waals surface area contributed by atoms with E-state index in [2.05, 4.69) is 15.5 Å². The molecule has 1 aromatic carbocycles. The van der Waals surface area contributed by atoms with Gasteiger partial charge in [-0.2, -0.15) is 0 Å². The Morgan fingerprint density at radius 1 is 1.16 bits per heavy atom. The first-order valence-corrected chi connectivity index (χ1v) is 8.88. The number of piperidine rings is 1. The summed E-state index contributed by atoms with van der Waals surface area (Å²) in [7, 11) is 1.71. The van der Waals surface area contributed by atoms with E-state index < -0.39 is 11.8 Å². The van der Waals surface area contributed by atoms with Crippen molar-refractivity contribution in [3.8, 4) is 0 Å². The molecule has 1 saturated heterocycles. The number of rotatable bonds is 6. The number of benzene rings is 1. The highest BCUT2D eigenvalue weighted by molar-refractivity contribution is 6.39. The van der Waals surface area contributed by atoms with Crippen LogP contribution in [0.4, 0.5) is 5.69 Å². The Balaban J connectivity index is 1.74. The summed E-state index contributed by atoms with van der Waals surface area (Å²) in [5, 5.41) is 5.50. The van der Waals surface area contributed by atoms with Gasteiger partial charge in [0.2, 0.25) is 0 Å². The Hall–Kier alpha value is -1.92. The van der Waals surface area contributed by atoms with Crippen LogP contribution in [0.2, 0.25) is 0 Å². The summed E-state index contributed by atoms with van der Waals surface area (Å²) in [6, 6.07) is 5.76. The van der Waals surface area contributed by atoms with Gasteiger partial charge in [-0.15, -0.1) is 0 Å². The monoisotopic (exact) mass is 347 g/mol. The minimum absolute atomic E-state index is 0.427. The Labute approximate surface area is 149 Å². The minimum Gasteiger partial charge on any atom is -0.383 e. The molecule has 0 spiro atoms. The Morgan fingerprint density at radius 3 is 2.40 bits per heavy atom. The van der Waals surface area contributed by atoms with Crippen LogP contribution < -0.4 is 10.6 Å². The van der Waals surface area contributed by atoms with E-state index in [9.17, 15) is 9.59 Å². The van der Waals surface area contributed by atoms with Gasteiger partial charge in [-0.1, -0.05) is 18.2 Å². The summed E-state index contributed by atoms with van der Waals surface area (Å²) in [6.45, 7) is 8.11. The highest BCUT2D eigenvalue weighted by Crippen LogP contribution is 2.19. The number of hydrogen-bond acceptors (Lipinski definition) is 4. The third kappa shape index (κ3) is 5.83. The summed E-state index contributed by atoms with van der Waals surface area (Å²) >= 11 is 0. The molecule has 138 valence electrons. The van der Waals surface area contributed by atoms with E-state index in [1.807, 2.05) is 32.0 Å². The van der Waals surface area contributed by atoms with Crippen molar-refractivity contribution in [1.29, 1.82) is 0 Å². The number of carbonyl (C=O) groups excluding carboxylic acids is 2. The molecule has 0 saturated carbocycles. The van der Waals surface area contributed by atoms with E-state index in [1.54, 1.807) is 7.11 Å². The number of hydrogen-bond donors (Lipinski definition) is 2. The van der Waals surface area contributed by atoms with Crippen molar-refractivity contribution < 1.29 is 14.3 Å². The van der Waals surface area contributed by atoms with Crippen LogP contribution in [0.5, 0.6) is 0 Å². The lowest BCUT2D eigenvalue weighted by atomic mass is 9.97. The minimum atomic E-state index is -0.602. The molecule has 0 aromatic heterocycles. The van der Waals surface area contributed by atoms with Crippen LogP contribution in [0, 0.1) is 19.8 Å². The van der Waals surface area contributed by atoms with E-state index in [-0.39, 0.29) is 0 Å². The summed E-state index contributed by atoms with van der Waals surface area (Å²) < 4.78 is 5.10. The van der Waals surface area contributed by atoms with Gasteiger partial charge in [-0.05, 0) is 56.8 Å². The van der Waals surface area contributed by atoms with Crippen LogP contribution in [-0.4, -0.2) is 56.6 Å². The van der Waals surface area contributed by atoms with Crippen LogP contribution in [0.15, 0.2) is 18.2 Å². The number of nitrogens with one attached hydrogen (secondary N) is 2. The second-order valence-electron chi connectivity index (χ2n) is 6.71. The number of anilines is 1. The molecule has 2 rings (SSSR count). The molecular formula is C19H29N3O3. The predicted octanol–water partition coefficient (Wildman–Crippen LogP) is 1.72. The van der Waals surface area contributed by atoms with Gasteiger partial charge in [-0.3, -0.25) is 9.59 Å². The topological polar surface area (TPSA) is 70.7 Å². The van der Waals surface area contributed by atoms with Gasteiger partial charge in [0.05, 0.1) is 6.61 Å². The summed E-state index contributed by atoms with van der Waals surface area (Å²) in [5.74, 6) is -0.741. The van der Waals surface area contributed by atoms with Crippen molar-refractivity contribution in [3.05, 3.63) is 29.3 Å². The van der Waals surface area contributed by atoms with Gasteiger partial charge in [0.1, 0.15) is 0 Å². The van der Waals surface area contributed by atoms with E-state index in [0.717, 1.165) is 50.2 Å². The number of ether oxygens (including phenoxy) is 1. The number of para-hydroxylation sites is 1. The first kappa shape index (κ1) is 19.4. The second-order valence-corrected chi connectivity index (χ2v) is 6.71. The van der Waals surface area contributed by atoms with Gasteiger partial charge >= 0.3 is 11.8 Å². The van der Waals surface area contributed by atoms with Gasteiger partial charge in [0, 0.05) is 25.9 Å². The standard InChI is InChI=1S/C19H29N3O3/c1-14-5-4-6-15(2)17(14)21-19(24)18(23)20-13-16-7-9-22(10-8-16)11-12-25-3/h4-6,16H,7-13H2,1-3H3,(H,20,23)(H,21,24). The summed E-state index contributed by atoms with van der Waals surface area (Å²) in [6.07, 6.45) is 2.06. The van der Waals surface area contributed by atoms with E-state index in [0.29, 0.717) is 18.2 Å². The zero-order valence-corrected chi connectivity index (χ0v) is 15.4. The Morgan fingerprint density at radius 2 is 1.80 bits per heavy atom. The third-order valence-electron chi connectivity index (χ3n) is 4.80. The van der Waals surface area contributed by atoms with Crippen molar-refractivity contribution >= 4 is 17.5 Å². The van der Waals surface area contributed by atoms with Gasteiger partial charge in [-0.25, -0.2) is 0 Å². The molecule has 0 aliphatic carbocycles. The summed E-state index contributed by atoms with van der Waals surface area (Å²) in [5.41, 5.74) is 2.61. The molecule has 1 aromatic rings. The van der Waals surface area contributed by atoms with Crippen LogP contribution in [-0.2, 0) is 14.3 Å². The maximum absolute atomic E-state index is 12.1. The number of methoxy groups -OCH3 is 1. The van der Waals surface area contributed by atoms with Crippen molar-refractivity contribution in [3.63, 3.8) is 0 Å². The van der Waals surface area contributed by atoms with Crippen molar-refractivity contribution in [1.82, 2.24) is 10.2 Å². The lowest BCUT2D eigenvalue weighted by Gasteiger charge is -2.31. The average molecular weight is 347 g/mol. The number of aryl methyl sites for hydroxylation is 2. The SMILES string of the molecule is COCCN1CCC(CNC(=O)C(=O)Nc2c(C)cccc2C)CC1. The lowest BCUT2D eigenvalue weighted by Crippen LogP contribution is -2.42. The second kappa shape index (κ2) is 9.53. The number of nitrogens with zero attached hydrogens (tertiary/aromatic N) is 1. The van der Waals surface area contributed by atoms with Crippen LogP contribution >= 0.6 is 0 Å². The highest BCUT2D eigenvalue weighted by Gasteiger charge is 2.21. The van der Waals surface area contributed by atoms with Crippen LogP contribution in [0.3, 0.4) is 0 Å². The molecule has 1 fully saturated rings. The maximum atomic E-state index is 12.1. The first-order chi connectivity index (χ1) is 12.0. The molecule has 6 heteroatoms. The Kier molecular flexibility index (Phi) is 7.40. The van der Waals surface area contributed by atoms with Crippen molar-refractivity contribution in [2.24, 2.45) is 5.92 Å². The van der Waals surface area contributed by atoms with E-state index in [4.69, 9.17) is 4.74 Å². The molecule has 2 amide bonds. The molecule has 0 radical (unpaired) electrons. The smallest absolute Gasteiger partial charge is 0.313 e. The van der Waals surface area contributed by atoms with E-state index in [1.165, 1.54) is 0 Å². The van der Waals surface area contributed by atoms with E-state index >= 15 is 0 Å². The quantitative estimate of drug-likeness (QED) is 0.769.